The largest absolute Gasteiger partial charge is 0.338 e. The Balaban J connectivity index is 1.43. The average molecular weight is 489 g/mol. The second-order valence-corrected chi connectivity index (χ2v) is 10.4. The molecular weight excluding hydrogens is 460 g/mol. The maximum atomic E-state index is 13.2. The smallest absolute Gasteiger partial charge is 0.226 e. The molecular formula is C27H29ClN6O. The van der Waals surface area contributed by atoms with Crippen molar-refractivity contribution in [3.05, 3.63) is 53.1 Å². The van der Waals surface area contributed by atoms with Crippen molar-refractivity contribution in [3.8, 4) is 11.4 Å². The Labute approximate surface area is 209 Å². The number of amides is 1. The van der Waals surface area contributed by atoms with E-state index in [1.807, 2.05) is 18.2 Å². The fourth-order valence-electron chi connectivity index (χ4n) is 5.57. The summed E-state index contributed by atoms with van der Waals surface area (Å²) < 4.78 is 2.06. The fraction of sp³-hybridized carbons (Fsp3) is 0.407. The molecule has 1 aliphatic carbocycles. The van der Waals surface area contributed by atoms with Crippen molar-refractivity contribution in [2.75, 3.05) is 24.5 Å². The summed E-state index contributed by atoms with van der Waals surface area (Å²) in [5.74, 6) is 2.07. The highest BCUT2D eigenvalue weighted by atomic mass is 35.5. The summed E-state index contributed by atoms with van der Waals surface area (Å²) in [5, 5.41) is 10.7. The van der Waals surface area contributed by atoms with Crippen molar-refractivity contribution >= 4 is 40.0 Å². The molecule has 2 aliphatic rings. The molecule has 180 valence electrons. The highest BCUT2D eigenvalue weighted by Crippen LogP contribution is 2.32. The average Bonchev–Trinajstić information content (AvgIpc) is 3.54. The number of piperazine rings is 1. The Morgan fingerprint density at radius 3 is 2.54 bits per heavy atom. The van der Waals surface area contributed by atoms with Crippen LogP contribution in [0.1, 0.15) is 38.2 Å². The molecule has 1 atom stereocenters. The topological polar surface area (TPSA) is 66.6 Å². The van der Waals surface area contributed by atoms with E-state index >= 15 is 0 Å². The first-order chi connectivity index (χ1) is 17.0. The molecule has 0 radical (unpaired) electrons. The monoisotopic (exact) mass is 488 g/mol. The van der Waals surface area contributed by atoms with Crippen molar-refractivity contribution < 1.29 is 4.79 Å². The summed E-state index contributed by atoms with van der Waals surface area (Å²) in [4.78, 5) is 22.6. The van der Waals surface area contributed by atoms with Crippen LogP contribution in [0.4, 0.5) is 5.95 Å². The van der Waals surface area contributed by atoms with E-state index < -0.39 is 0 Å². The Bertz CT molecular complexity index is 1410. The van der Waals surface area contributed by atoms with Crippen molar-refractivity contribution in [2.45, 2.75) is 45.6 Å². The predicted octanol–water partition coefficient (Wildman–Crippen LogP) is 5.13. The van der Waals surface area contributed by atoms with Crippen LogP contribution in [0.25, 0.3) is 27.9 Å². The Morgan fingerprint density at radius 1 is 1.03 bits per heavy atom. The molecule has 3 heterocycles. The van der Waals surface area contributed by atoms with Crippen molar-refractivity contribution in [1.82, 2.24) is 24.5 Å². The zero-order valence-electron chi connectivity index (χ0n) is 20.1. The number of aryl methyl sites for hydroxylation is 1. The van der Waals surface area contributed by atoms with E-state index in [0.29, 0.717) is 30.6 Å². The molecule has 1 saturated heterocycles. The zero-order valence-corrected chi connectivity index (χ0v) is 20.9. The highest BCUT2D eigenvalue weighted by molar-refractivity contribution is 6.31. The number of halogens is 1. The maximum absolute atomic E-state index is 13.2. The Kier molecular flexibility index (Phi) is 5.60. The third-order valence-electron chi connectivity index (χ3n) is 7.49. The van der Waals surface area contributed by atoms with Crippen molar-refractivity contribution in [3.63, 3.8) is 0 Å². The molecule has 8 heteroatoms. The SMILES string of the molecule is Cc1ccc(-c2nnc3c4ccc(Cl)cc4nc(N4CCN(C(=O)C5CCCC5)[C@@H](C)C4)n23)cc1. The summed E-state index contributed by atoms with van der Waals surface area (Å²) in [6, 6.07) is 14.1. The van der Waals surface area contributed by atoms with Gasteiger partial charge in [0, 0.05) is 47.6 Å². The van der Waals surface area contributed by atoms with Gasteiger partial charge in [-0.15, -0.1) is 10.2 Å². The third kappa shape index (κ3) is 3.92. The first-order valence-electron chi connectivity index (χ1n) is 12.5. The lowest BCUT2D eigenvalue weighted by molar-refractivity contribution is -0.137. The molecule has 6 rings (SSSR count). The van der Waals surface area contributed by atoms with E-state index in [1.54, 1.807) is 0 Å². The van der Waals surface area contributed by atoms with E-state index in [1.165, 1.54) is 18.4 Å². The van der Waals surface area contributed by atoms with Gasteiger partial charge in [0.25, 0.3) is 0 Å². The number of aromatic nitrogens is 4. The number of benzene rings is 2. The molecule has 2 aromatic heterocycles. The number of rotatable bonds is 3. The first-order valence-corrected chi connectivity index (χ1v) is 12.8. The van der Waals surface area contributed by atoms with Gasteiger partial charge in [-0.1, -0.05) is 54.3 Å². The molecule has 0 spiro atoms. The molecule has 1 saturated carbocycles. The summed E-state index contributed by atoms with van der Waals surface area (Å²) in [5.41, 5.74) is 3.73. The van der Waals surface area contributed by atoms with Crippen LogP contribution in [0.3, 0.4) is 0 Å². The lowest BCUT2D eigenvalue weighted by Gasteiger charge is -2.41. The minimum absolute atomic E-state index is 0.100. The van der Waals surface area contributed by atoms with E-state index in [9.17, 15) is 4.79 Å². The lowest BCUT2D eigenvalue weighted by atomic mass is 10.0. The van der Waals surface area contributed by atoms with Crippen molar-refractivity contribution in [2.24, 2.45) is 5.92 Å². The van der Waals surface area contributed by atoms with Crippen LogP contribution >= 0.6 is 11.6 Å². The van der Waals surface area contributed by atoms with Gasteiger partial charge in [0.2, 0.25) is 11.9 Å². The normalized spacial score (nSPS) is 19.2. The summed E-state index contributed by atoms with van der Waals surface area (Å²) in [6.07, 6.45) is 4.39. The van der Waals surface area contributed by atoms with Gasteiger partial charge in [0.15, 0.2) is 11.5 Å². The lowest BCUT2D eigenvalue weighted by Crippen LogP contribution is -2.55. The predicted molar refractivity (Wildman–Crippen MR) is 139 cm³/mol. The molecule has 4 aromatic rings. The summed E-state index contributed by atoms with van der Waals surface area (Å²) in [7, 11) is 0. The quantitative estimate of drug-likeness (QED) is 0.399. The van der Waals surface area contributed by atoms with Crippen LogP contribution in [0.5, 0.6) is 0 Å². The Morgan fingerprint density at radius 2 is 1.80 bits per heavy atom. The molecule has 35 heavy (non-hydrogen) atoms. The standard InChI is InChI=1S/C27H29ClN6O/c1-17-7-9-19(10-8-17)24-30-31-25-22-12-11-21(28)15-23(22)29-27(34(24)25)32-13-14-33(18(2)16-32)26(35)20-5-3-4-6-20/h7-12,15,18,20H,3-6,13-14,16H2,1-2H3/t18-/m0/s1. The molecule has 7 nitrogen and oxygen atoms in total. The van der Waals surface area contributed by atoms with Crippen LogP contribution < -0.4 is 4.90 Å². The summed E-state index contributed by atoms with van der Waals surface area (Å²) in [6.45, 7) is 6.32. The molecule has 1 amide bonds. The van der Waals surface area contributed by atoms with Crippen LogP contribution in [-0.4, -0.2) is 56.1 Å². The molecule has 0 N–H and O–H groups in total. The van der Waals surface area contributed by atoms with Crippen LogP contribution in [0.2, 0.25) is 5.02 Å². The minimum Gasteiger partial charge on any atom is -0.338 e. The van der Waals surface area contributed by atoms with Gasteiger partial charge in [-0.3, -0.25) is 4.79 Å². The number of hydrogen-bond acceptors (Lipinski definition) is 5. The number of hydrogen-bond donors (Lipinski definition) is 0. The molecule has 2 aromatic carbocycles. The maximum Gasteiger partial charge on any atom is 0.226 e. The number of nitrogens with zero attached hydrogens (tertiary/aromatic N) is 6. The number of fused-ring (bicyclic) bond motifs is 3. The first kappa shape index (κ1) is 22.3. The number of anilines is 1. The second kappa shape index (κ2) is 8.79. The van der Waals surface area contributed by atoms with Gasteiger partial charge in [0.1, 0.15) is 0 Å². The van der Waals surface area contributed by atoms with Crippen LogP contribution in [-0.2, 0) is 4.79 Å². The molecule has 0 unspecified atom stereocenters. The van der Waals surface area contributed by atoms with E-state index in [2.05, 4.69) is 62.5 Å². The highest BCUT2D eigenvalue weighted by Gasteiger charge is 2.34. The molecule has 1 aliphatic heterocycles. The molecule has 2 fully saturated rings. The second-order valence-electron chi connectivity index (χ2n) is 9.93. The Hall–Kier alpha value is -3.19. The summed E-state index contributed by atoms with van der Waals surface area (Å²) >= 11 is 6.32. The van der Waals surface area contributed by atoms with Gasteiger partial charge in [-0.05, 0) is 44.9 Å². The number of carbonyl (C=O) groups is 1. The van der Waals surface area contributed by atoms with Gasteiger partial charge in [-0.2, -0.15) is 0 Å². The van der Waals surface area contributed by atoms with Crippen LogP contribution in [0, 0.1) is 12.8 Å². The zero-order chi connectivity index (χ0) is 24.1. The van der Waals surface area contributed by atoms with Crippen molar-refractivity contribution in [1.29, 1.82) is 0 Å². The van der Waals surface area contributed by atoms with E-state index in [0.717, 1.165) is 46.7 Å². The number of carbonyl (C=O) groups excluding carboxylic acids is 1. The fourth-order valence-corrected chi connectivity index (χ4v) is 5.73. The van der Waals surface area contributed by atoms with Gasteiger partial charge >= 0.3 is 0 Å². The third-order valence-corrected chi connectivity index (χ3v) is 7.73. The van der Waals surface area contributed by atoms with E-state index in [-0.39, 0.29) is 12.0 Å². The van der Waals surface area contributed by atoms with Gasteiger partial charge < -0.3 is 9.80 Å². The van der Waals surface area contributed by atoms with Gasteiger partial charge in [-0.25, -0.2) is 9.38 Å². The van der Waals surface area contributed by atoms with E-state index in [4.69, 9.17) is 16.6 Å². The molecule has 0 bridgehead atoms. The van der Waals surface area contributed by atoms with Gasteiger partial charge in [0.05, 0.1) is 5.52 Å². The minimum atomic E-state index is 0.100. The van der Waals surface area contributed by atoms with Crippen LogP contribution in [0.15, 0.2) is 42.5 Å².